The third-order valence-corrected chi connectivity index (χ3v) is 2.57. The molecule has 4 heteroatoms. The van der Waals surface area contributed by atoms with Gasteiger partial charge >= 0.3 is 0 Å². The minimum atomic E-state index is 0.328. The van der Waals surface area contributed by atoms with Gasteiger partial charge in [0.05, 0.1) is 0 Å². The van der Waals surface area contributed by atoms with Crippen molar-refractivity contribution in [1.82, 2.24) is 15.5 Å². The monoisotopic (exact) mass is 211 g/mol. The lowest BCUT2D eigenvalue weighted by Crippen LogP contribution is -2.32. The summed E-state index contributed by atoms with van der Waals surface area (Å²) >= 11 is 0. The highest BCUT2D eigenvalue weighted by atomic mass is 16.5. The Bertz CT molecular complexity index is 294. The number of nitrogens with zero attached hydrogens (tertiary/aromatic N) is 2. The minimum Gasteiger partial charge on any atom is -0.339 e. The molecule has 1 N–H and O–H groups in total. The van der Waals surface area contributed by atoms with Crippen LogP contribution >= 0.6 is 0 Å². The molecule has 0 aromatic carbocycles. The summed E-state index contributed by atoms with van der Waals surface area (Å²) in [6.45, 7) is 8.49. The normalized spacial score (nSPS) is 13.8. The molecule has 4 nitrogen and oxygen atoms in total. The highest BCUT2D eigenvalue weighted by molar-refractivity contribution is 4.93. The quantitative estimate of drug-likeness (QED) is 0.809. The maximum absolute atomic E-state index is 5.21. The summed E-state index contributed by atoms with van der Waals surface area (Å²) in [6, 6.07) is 0.394. The van der Waals surface area contributed by atoms with Crippen LogP contribution < -0.4 is 5.32 Å². The second kappa shape index (κ2) is 5.26. The van der Waals surface area contributed by atoms with E-state index in [-0.39, 0.29) is 0 Å². The third kappa shape index (κ3) is 3.30. The van der Waals surface area contributed by atoms with Crippen molar-refractivity contribution >= 4 is 0 Å². The van der Waals surface area contributed by atoms with Crippen LogP contribution in [0.5, 0.6) is 0 Å². The lowest BCUT2D eigenvalue weighted by atomic mass is 10.0. The van der Waals surface area contributed by atoms with Crippen molar-refractivity contribution < 1.29 is 4.52 Å². The molecule has 1 atom stereocenters. The molecule has 1 aromatic rings. The maximum Gasteiger partial charge on any atom is 0.228 e. The van der Waals surface area contributed by atoms with Crippen molar-refractivity contribution in [2.75, 3.05) is 7.05 Å². The molecule has 0 saturated carbocycles. The van der Waals surface area contributed by atoms with Gasteiger partial charge in [0.1, 0.15) is 0 Å². The summed E-state index contributed by atoms with van der Waals surface area (Å²) < 4.78 is 5.21. The first-order chi connectivity index (χ1) is 7.04. The van der Waals surface area contributed by atoms with Crippen molar-refractivity contribution in [2.24, 2.45) is 5.92 Å². The van der Waals surface area contributed by atoms with Gasteiger partial charge in [0, 0.05) is 18.4 Å². The predicted molar refractivity (Wildman–Crippen MR) is 59.8 cm³/mol. The van der Waals surface area contributed by atoms with Gasteiger partial charge in [-0.1, -0.05) is 32.9 Å². The second-order valence-electron chi connectivity index (χ2n) is 4.54. The van der Waals surface area contributed by atoms with Gasteiger partial charge in [0.2, 0.25) is 5.89 Å². The highest BCUT2D eigenvalue weighted by Crippen LogP contribution is 2.12. The van der Waals surface area contributed by atoms with E-state index >= 15 is 0 Å². The Hall–Kier alpha value is -0.900. The van der Waals surface area contributed by atoms with Gasteiger partial charge < -0.3 is 9.84 Å². The first-order valence-electron chi connectivity index (χ1n) is 5.54. The average molecular weight is 211 g/mol. The van der Waals surface area contributed by atoms with Crippen molar-refractivity contribution in [3.05, 3.63) is 11.7 Å². The number of likely N-dealkylation sites (N-methyl/N-ethyl adjacent to an activating group) is 1. The zero-order valence-corrected chi connectivity index (χ0v) is 10.2. The van der Waals surface area contributed by atoms with E-state index < -0.39 is 0 Å². The lowest BCUT2D eigenvalue weighted by Gasteiger charge is -2.17. The summed E-state index contributed by atoms with van der Waals surface area (Å²) in [5, 5.41) is 7.21. The second-order valence-corrected chi connectivity index (χ2v) is 4.54. The minimum absolute atomic E-state index is 0.328. The fraction of sp³-hybridized carbons (Fsp3) is 0.818. The number of nitrogens with one attached hydrogen (secondary N) is 1. The van der Waals surface area contributed by atoms with Gasteiger partial charge in [-0.25, -0.2) is 0 Å². The van der Waals surface area contributed by atoms with Crippen LogP contribution in [0.25, 0.3) is 0 Å². The number of hydrogen-bond donors (Lipinski definition) is 1. The van der Waals surface area contributed by atoms with Gasteiger partial charge in [-0.2, -0.15) is 4.98 Å². The van der Waals surface area contributed by atoms with E-state index in [0.717, 1.165) is 18.1 Å². The van der Waals surface area contributed by atoms with Crippen LogP contribution in [0.3, 0.4) is 0 Å². The van der Waals surface area contributed by atoms with Gasteiger partial charge in [0.25, 0.3) is 0 Å². The molecule has 0 amide bonds. The van der Waals surface area contributed by atoms with Crippen molar-refractivity contribution in [3.8, 4) is 0 Å². The van der Waals surface area contributed by atoms with E-state index in [0.29, 0.717) is 17.9 Å². The summed E-state index contributed by atoms with van der Waals surface area (Å²) in [5.74, 6) is 2.41. The molecule has 0 fully saturated rings. The summed E-state index contributed by atoms with van der Waals surface area (Å²) in [4.78, 5) is 4.36. The van der Waals surface area contributed by atoms with Gasteiger partial charge in [-0.3, -0.25) is 0 Å². The summed E-state index contributed by atoms with van der Waals surface area (Å²) in [7, 11) is 1.96. The maximum atomic E-state index is 5.21. The van der Waals surface area contributed by atoms with E-state index in [2.05, 4.69) is 43.2 Å². The molecule has 1 aromatic heterocycles. The molecule has 0 spiro atoms. The SMILES string of the molecule is CNC(Cc1nc(C(C)C)no1)C(C)C. The largest absolute Gasteiger partial charge is 0.339 e. The van der Waals surface area contributed by atoms with Crippen LogP contribution in [-0.4, -0.2) is 23.2 Å². The standard InChI is InChI=1S/C11H21N3O/c1-7(2)9(12-5)6-10-13-11(8(3)4)14-15-10/h7-9,12H,6H2,1-5H3. The Labute approximate surface area is 91.5 Å². The van der Waals surface area contributed by atoms with E-state index in [1.54, 1.807) is 0 Å². The molecular weight excluding hydrogens is 190 g/mol. The zero-order chi connectivity index (χ0) is 11.4. The molecule has 1 heterocycles. The molecule has 86 valence electrons. The molecule has 0 radical (unpaired) electrons. The van der Waals surface area contributed by atoms with E-state index in [9.17, 15) is 0 Å². The molecule has 15 heavy (non-hydrogen) atoms. The number of rotatable bonds is 5. The molecular formula is C11H21N3O. The van der Waals surface area contributed by atoms with Crippen molar-refractivity contribution in [3.63, 3.8) is 0 Å². The van der Waals surface area contributed by atoms with Crippen LogP contribution in [0.4, 0.5) is 0 Å². The van der Waals surface area contributed by atoms with Gasteiger partial charge in [-0.05, 0) is 13.0 Å². The molecule has 1 rings (SSSR count). The molecule has 0 bridgehead atoms. The van der Waals surface area contributed by atoms with Crippen LogP contribution in [0.2, 0.25) is 0 Å². The Balaban J connectivity index is 2.63. The summed E-state index contributed by atoms with van der Waals surface area (Å²) in [5.41, 5.74) is 0. The van der Waals surface area contributed by atoms with Gasteiger partial charge in [0.15, 0.2) is 5.82 Å². The first kappa shape index (κ1) is 12.2. The van der Waals surface area contributed by atoms with Crippen LogP contribution in [0.1, 0.15) is 45.3 Å². The molecule has 1 unspecified atom stereocenters. The fourth-order valence-electron chi connectivity index (χ4n) is 1.44. The summed E-state index contributed by atoms with van der Waals surface area (Å²) in [6.07, 6.45) is 0.799. The Kier molecular flexibility index (Phi) is 4.27. The zero-order valence-electron chi connectivity index (χ0n) is 10.2. The number of aromatic nitrogens is 2. The molecule has 0 aliphatic rings. The van der Waals surface area contributed by atoms with E-state index in [1.807, 2.05) is 7.05 Å². The van der Waals surface area contributed by atoms with Crippen LogP contribution in [0, 0.1) is 5.92 Å². The van der Waals surface area contributed by atoms with Crippen LogP contribution in [-0.2, 0) is 6.42 Å². The average Bonchev–Trinajstić information content (AvgIpc) is 2.61. The Morgan fingerprint density at radius 1 is 1.27 bits per heavy atom. The van der Waals surface area contributed by atoms with Crippen molar-refractivity contribution in [2.45, 2.75) is 46.1 Å². The first-order valence-corrected chi connectivity index (χ1v) is 5.54. The lowest BCUT2D eigenvalue weighted by molar-refractivity contribution is 0.332. The van der Waals surface area contributed by atoms with Gasteiger partial charge in [-0.15, -0.1) is 0 Å². The fourth-order valence-corrected chi connectivity index (χ4v) is 1.44. The highest BCUT2D eigenvalue weighted by Gasteiger charge is 2.16. The topological polar surface area (TPSA) is 51.0 Å². The molecule has 0 aliphatic carbocycles. The number of hydrogen-bond acceptors (Lipinski definition) is 4. The molecule has 0 aliphatic heterocycles. The Morgan fingerprint density at radius 3 is 2.33 bits per heavy atom. The van der Waals surface area contributed by atoms with Crippen LogP contribution in [0.15, 0.2) is 4.52 Å². The molecule has 0 saturated heterocycles. The van der Waals surface area contributed by atoms with Crippen molar-refractivity contribution in [1.29, 1.82) is 0 Å². The smallest absolute Gasteiger partial charge is 0.228 e. The van der Waals surface area contributed by atoms with E-state index in [4.69, 9.17) is 4.52 Å². The van der Waals surface area contributed by atoms with E-state index in [1.165, 1.54) is 0 Å². The predicted octanol–water partition coefficient (Wildman–Crippen LogP) is 1.98. The third-order valence-electron chi connectivity index (χ3n) is 2.57. The Morgan fingerprint density at radius 2 is 1.93 bits per heavy atom.